The zero-order valence-electron chi connectivity index (χ0n) is 22.0. The predicted octanol–water partition coefficient (Wildman–Crippen LogP) is 1.60. The van der Waals surface area contributed by atoms with E-state index < -0.39 is 53.6 Å². The van der Waals surface area contributed by atoms with Gasteiger partial charge in [-0.15, -0.1) is 0 Å². The second kappa shape index (κ2) is 13.6. The normalized spacial score (nSPS) is 22.9. The molecule has 0 bridgehead atoms. The van der Waals surface area contributed by atoms with Crippen molar-refractivity contribution in [2.45, 2.75) is 115 Å². The first-order valence-corrected chi connectivity index (χ1v) is 13.1. The van der Waals surface area contributed by atoms with Crippen molar-refractivity contribution < 1.29 is 38.9 Å². The fraction of sp³-hybridized carbons (Fsp3) is 0.800. The van der Waals surface area contributed by atoms with Crippen LogP contribution in [0, 0.1) is 5.92 Å². The number of carboxylic acids is 2. The van der Waals surface area contributed by atoms with Crippen molar-refractivity contribution in [1.82, 2.24) is 15.5 Å². The molecule has 2 aliphatic rings. The highest BCUT2D eigenvalue weighted by Gasteiger charge is 2.47. The van der Waals surface area contributed by atoms with Gasteiger partial charge in [0, 0.05) is 19.0 Å². The molecular weight excluding hydrogens is 484 g/mol. The smallest absolute Gasteiger partial charge is 0.407 e. The van der Waals surface area contributed by atoms with Gasteiger partial charge in [-0.25, -0.2) is 14.4 Å². The van der Waals surface area contributed by atoms with Crippen LogP contribution in [0.1, 0.15) is 85.0 Å². The van der Waals surface area contributed by atoms with Gasteiger partial charge < -0.3 is 36.2 Å². The summed E-state index contributed by atoms with van der Waals surface area (Å²) in [6.45, 7) is 5.62. The number of unbranched alkanes of at least 4 members (excludes halogenated alkanes) is 1. The maximum Gasteiger partial charge on any atom is 0.407 e. The lowest BCUT2D eigenvalue weighted by Crippen LogP contribution is -2.50. The number of hydrogen-bond donors (Lipinski definition) is 5. The number of likely N-dealkylation sites (tertiary alicyclic amines) is 1. The van der Waals surface area contributed by atoms with Crippen LogP contribution >= 0.6 is 0 Å². The molecule has 0 unspecified atom stereocenters. The van der Waals surface area contributed by atoms with Gasteiger partial charge in [0.25, 0.3) is 0 Å². The first kappa shape index (κ1) is 30.3. The van der Waals surface area contributed by atoms with Crippen LogP contribution in [0.5, 0.6) is 0 Å². The number of ether oxygens (including phenoxy) is 1. The number of alkyl carbamates (subject to hydrolysis) is 1. The zero-order chi connectivity index (χ0) is 27.8. The average molecular weight is 527 g/mol. The van der Waals surface area contributed by atoms with E-state index in [9.17, 15) is 34.2 Å². The van der Waals surface area contributed by atoms with Crippen LogP contribution in [0.3, 0.4) is 0 Å². The van der Waals surface area contributed by atoms with E-state index >= 15 is 0 Å². The van der Waals surface area contributed by atoms with Crippen LogP contribution in [-0.4, -0.2) is 81.3 Å². The highest BCUT2D eigenvalue weighted by molar-refractivity contribution is 5.88. The summed E-state index contributed by atoms with van der Waals surface area (Å²) in [4.78, 5) is 62.0. The van der Waals surface area contributed by atoms with Crippen LogP contribution in [0.2, 0.25) is 0 Å². The Morgan fingerprint density at radius 2 is 1.73 bits per heavy atom. The van der Waals surface area contributed by atoms with Crippen molar-refractivity contribution in [1.29, 1.82) is 0 Å². The minimum absolute atomic E-state index is 0.126. The van der Waals surface area contributed by atoms with Crippen molar-refractivity contribution in [3.05, 3.63) is 0 Å². The maximum absolute atomic E-state index is 13.0. The highest BCUT2D eigenvalue weighted by atomic mass is 16.6. The van der Waals surface area contributed by atoms with Crippen molar-refractivity contribution >= 4 is 29.8 Å². The van der Waals surface area contributed by atoms with E-state index in [1.807, 2.05) is 0 Å². The SMILES string of the molecule is CC(C)(C)OC(=O)NCCCC[C@H](N)C(=O)N[C@H](CCC(=O)N1[C@H](C(=O)O)C[C@@H]2CCCC[C@@H]21)C(=O)O. The highest BCUT2D eigenvalue weighted by Crippen LogP contribution is 2.40. The fourth-order valence-corrected chi connectivity index (χ4v) is 5.10. The number of hydrogen-bond acceptors (Lipinski definition) is 7. The van der Waals surface area contributed by atoms with E-state index in [0.29, 0.717) is 25.8 Å². The fourth-order valence-electron chi connectivity index (χ4n) is 5.10. The molecule has 0 spiro atoms. The quantitative estimate of drug-likeness (QED) is 0.235. The Morgan fingerprint density at radius 1 is 1.05 bits per heavy atom. The van der Waals surface area contributed by atoms with E-state index in [-0.39, 0.29) is 31.2 Å². The van der Waals surface area contributed by atoms with E-state index in [1.54, 1.807) is 20.8 Å². The van der Waals surface area contributed by atoms with Gasteiger partial charge in [-0.2, -0.15) is 0 Å². The molecule has 1 heterocycles. The molecule has 3 amide bonds. The first-order chi connectivity index (χ1) is 17.3. The Morgan fingerprint density at radius 3 is 2.35 bits per heavy atom. The summed E-state index contributed by atoms with van der Waals surface area (Å²) in [5, 5.41) is 24.2. The maximum atomic E-state index is 13.0. The molecule has 12 nitrogen and oxygen atoms in total. The number of nitrogens with one attached hydrogen (secondary N) is 2. The molecule has 6 N–H and O–H groups in total. The van der Waals surface area contributed by atoms with Crippen LogP contribution in [-0.2, 0) is 23.9 Å². The third-order valence-electron chi connectivity index (χ3n) is 6.87. The average Bonchev–Trinajstić information content (AvgIpc) is 3.19. The van der Waals surface area contributed by atoms with E-state index in [0.717, 1.165) is 25.7 Å². The van der Waals surface area contributed by atoms with Crippen molar-refractivity contribution in [3.63, 3.8) is 0 Å². The number of nitrogens with two attached hydrogens (primary N) is 1. The van der Waals surface area contributed by atoms with Gasteiger partial charge in [0.1, 0.15) is 17.7 Å². The molecule has 210 valence electrons. The Labute approximate surface area is 217 Å². The summed E-state index contributed by atoms with van der Waals surface area (Å²) in [7, 11) is 0. The number of nitrogens with zero attached hydrogens (tertiary/aromatic N) is 1. The minimum Gasteiger partial charge on any atom is -0.480 e. The number of carboxylic acid groups (broad SMARTS) is 2. The predicted molar refractivity (Wildman–Crippen MR) is 133 cm³/mol. The molecule has 1 saturated heterocycles. The van der Waals surface area contributed by atoms with Gasteiger partial charge in [-0.3, -0.25) is 9.59 Å². The summed E-state index contributed by atoms with van der Waals surface area (Å²) in [6, 6.07) is -3.28. The second-order valence-corrected chi connectivity index (χ2v) is 11.0. The minimum atomic E-state index is -1.32. The molecule has 1 saturated carbocycles. The number of amides is 3. The topological polar surface area (TPSA) is 188 Å². The van der Waals surface area contributed by atoms with Crippen molar-refractivity contribution in [2.24, 2.45) is 11.7 Å². The second-order valence-electron chi connectivity index (χ2n) is 11.0. The monoisotopic (exact) mass is 526 g/mol. The molecule has 0 aromatic carbocycles. The molecule has 0 aromatic heterocycles. The molecule has 37 heavy (non-hydrogen) atoms. The number of rotatable bonds is 12. The van der Waals surface area contributed by atoms with Gasteiger partial charge >= 0.3 is 18.0 Å². The van der Waals surface area contributed by atoms with Crippen LogP contribution in [0.4, 0.5) is 4.79 Å². The van der Waals surface area contributed by atoms with Crippen molar-refractivity contribution in [2.75, 3.05) is 6.54 Å². The molecule has 0 aromatic rings. The third kappa shape index (κ3) is 9.49. The number of fused-ring (bicyclic) bond motifs is 1. The van der Waals surface area contributed by atoms with Gasteiger partial charge in [0.2, 0.25) is 11.8 Å². The van der Waals surface area contributed by atoms with Gasteiger partial charge in [0.05, 0.1) is 6.04 Å². The summed E-state index contributed by atoms with van der Waals surface area (Å²) in [5.74, 6) is -3.22. The summed E-state index contributed by atoms with van der Waals surface area (Å²) in [6.07, 6.45) is 4.50. The molecule has 12 heteroatoms. The molecule has 2 rings (SSSR count). The van der Waals surface area contributed by atoms with Crippen molar-refractivity contribution in [3.8, 4) is 0 Å². The largest absolute Gasteiger partial charge is 0.480 e. The van der Waals surface area contributed by atoms with Gasteiger partial charge in [-0.05, 0) is 71.6 Å². The molecule has 1 aliphatic carbocycles. The Balaban J connectivity index is 1.79. The molecule has 5 atom stereocenters. The number of aliphatic carboxylic acids is 2. The summed E-state index contributed by atoms with van der Waals surface area (Å²) < 4.78 is 5.14. The Hall–Kier alpha value is -2.89. The lowest BCUT2D eigenvalue weighted by molar-refractivity contribution is -0.150. The summed E-state index contributed by atoms with van der Waals surface area (Å²) in [5.41, 5.74) is 5.32. The zero-order valence-corrected chi connectivity index (χ0v) is 22.0. The van der Waals surface area contributed by atoms with E-state index in [2.05, 4.69) is 10.6 Å². The summed E-state index contributed by atoms with van der Waals surface area (Å²) >= 11 is 0. The number of carbonyl (C=O) groups is 5. The van der Waals surface area contributed by atoms with E-state index in [4.69, 9.17) is 10.5 Å². The van der Waals surface area contributed by atoms with Gasteiger partial charge in [0.15, 0.2) is 0 Å². The standard InChI is InChI=1S/C25H42N4O8/c1-25(2,3)37-24(36)27-13-7-6-9-16(26)21(31)28-17(22(32)33)11-12-20(30)29-18-10-5-4-8-15(18)14-19(29)23(34)35/h15-19H,4-14,26H2,1-3H3,(H,27,36)(H,28,31)(H,32,33)(H,34,35)/t15-,16-,17+,18-,19-/m0/s1. The van der Waals surface area contributed by atoms with Crippen LogP contribution < -0.4 is 16.4 Å². The van der Waals surface area contributed by atoms with Crippen LogP contribution in [0.15, 0.2) is 0 Å². The lowest BCUT2D eigenvalue weighted by Gasteiger charge is -2.33. The van der Waals surface area contributed by atoms with E-state index in [1.165, 1.54) is 4.90 Å². The molecular formula is C25H42N4O8. The molecule has 0 radical (unpaired) electrons. The first-order valence-electron chi connectivity index (χ1n) is 13.1. The molecule has 1 aliphatic heterocycles. The molecule has 2 fully saturated rings. The van der Waals surface area contributed by atoms with Gasteiger partial charge in [-0.1, -0.05) is 12.8 Å². The Bertz CT molecular complexity index is 843. The Kier molecular flexibility index (Phi) is 11.1. The van der Waals surface area contributed by atoms with Crippen LogP contribution in [0.25, 0.3) is 0 Å². The third-order valence-corrected chi connectivity index (χ3v) is 6.87. The lowest BCUT2D eigenvalue weighted by atomic mass is 9.84. The number of carbonyl (C=O) groups excluding carboxylic acids is 3.